The molecule has 2 fully saturated rings. The number of rotatable bonds is 4. The second-order valence-electron chi connectivity index (χ2n) is 8.07. The van der Waals surface area contributed by atoms with Gasteiger partial charge in [-0.2, -0.15) is 0 Å². The maximum Gasteiger partial charge on any atom is 0.0949 e. The summed E-state index contributed by atoms with van der Waals surface area (Å²) < 4.78 is 6.63. The zero-order valence-corrected chi connectivity index (χ0v) is 15.5. The van der Waals surface area contributed by atoms with Crippen LogP contribution in [0.25, 0.3) is 0 Å². The predicted octanol–water partition coefficient (Wildman–Crippen LogP) is 1.76. The molecule has 4 rings (SSSR count). The van der Waals surface area contributed by atoms with Gasteiger partial charge in [0.2, 0.25) is 0 Å². The smallest absolute Gasteiger partial charge is 0.0949 e. The molecule has 0 spiro atoms. The molecular weight excluding hydrogens is 342 g/mol. The van der Waals surface area contributed by atoms with E-state index in [0.29, 0.717) is 13.1 Å². The fraction of sp³-hybridized carbons (Fsp3) is 0.455. The molecule has 2 aromatic rings. The molecule has 1 unspecified atom stereocenters. The van der Waals surface area contributed by atoms with Crippen molar-refractivity contribution in [2.24, 2.45) is 10.8 Å². The molecular formula is C22H27NO4. The van der Waals surface area contributed by atoms with E-state index in [2.05, 4.69) is 4.90 Å². The number of benzene rings is 2. The Morgan fingerprint density at radius 3 is 1.63 bits per heavy atom. The minimum atomic E-state index is -0.902. The molecule has 144 valence electrons. The second kappa shape index (κ2) is 7.00. The van der Waals surface area contributed by atoms with Crippen molar-refractivity contribution in [1.82, 2.24) is 4.90 Å². The Hall–Kier alpha value is -1.76. The third kappa shape index (κ3) is 2.73. The van der Waals surface area contributed by atoms with Gasteiger partial charge in [-0.05, 0) is 18.2 Å². The van der Waals surface area contributed by atoms with Gasteiger partial charge >= 0.3 is 0 Å². The van der Waals surface area contributed by atoms with Gasteiger partial charge < -0.3 is 25.0 Å². The topological polar surface area (TPSA) is 73.2 Å². The summed E-state index contributed by atoms with van der Waals surface area (Å²) in [6.07, 6.45) is -1.86. The summed E-state index contributed by atoms with van der Waals surface area (Å²) in [6.45, 7) is 0.545. The number of ether oxygens (including phenoxy) is 1. The summed E-state index contributed by atoms with van der Waals surface area (Å²) in [5, 5.41) is 32.4. The Bertz CT molecular complexity index is 707. The van der Waals surface area contributed by atoms with E-state index in [0.717, 1.165) is 11.1 Å². The zero-order chi connectivity index (χ0) is 19.1. The average Bonchev–Trinajstić information content (AvgIpc) is 2.71. The summed E-state index contributed by atoms with van der Waals surface area (Å²) in [5.41, 5.74) is 0.0480. The molecule has 5 heteroatoms. The molecule has 2 heterocycles. The monoisotopic (exact) mass is 369 g/mol. The third-order valence-electron chi connectivity index (χ3n) is 6.33. The Morgan fingerprint density at radius 2 is 1.26 bits per heavy atom. The van der Waals surface area contributed by atoms with Crippen molar-refractivity contribution in [2.45, 2.75) is 18.3 Å². The predicted molar refractivity (Wildman–Crippen MR) is 102 cm³/mol. The maximum absolute atomic E-state index is 11.5. The van der Waals surface area contributed by atoms with Crippen LogP contribution < -0.4 is 0 Å². The van der Waals surface area contributed by atoms with E-state index in [1.165, 1.54) is 0 Å². The van der Waals surface area contributed by atoms with E-state index in [-0.39, 0.29) is 13.2 Å². The minimum absolute atomic E-state index is 0.221. The van der Waals surface area contributed by atoms with Crippen LogP contribution in [0.2, 0.25) is 0 Å². The van der Waals surface area contributed by atoms with Crippen molar-refractivity contribution < 1.29 is 20.1 Å². The highest BCUT2D eigenvalue weighted by atomic mass is 16.5. The van der Waals surface area contributed by atoms with E-state index >= 15 is 0 Å². The summed E-state index contributed by atoms with van der Waals surface area (Å²) in [6, 6.07) is 19.5. The summed E-state index contributed by atoms with van der Waals surface area (Å²) in [5.74, 6) is 0. The fourth-order valence-electron chi connectivity index (χ4n) is 5.18. The van der Waals surface area contributed by atoms with Gasteiger partial charge in [0, 0.05) is 13.1 Å². The zero-order valence-electron chi connectivity index (χ0n) is 15.5. The summed E-state index contributed by atoms with van der Waals surface area (Å²) in [7, 11) is 1.97. The van der Waals surface area contributed by atoms with Crippen LogP contribution in [-0.4, -0.2) is 59.7 Å². The molecule has 0 aliphatic carbocycles. The molecule has 27 heavy (non-hydrogen) atoms. The van der Waals surface area contributed by atoms with E-state index in [9.17, 15) is 15.3 Å². The minimum Gasteiger partial charge on any atom is -0.396 e. The van der Waals surface area contributed by atoms with Crippen molar-refractivity contribution in [2.75, 3.05) is 33.4 Å². The van der Waals surface area contributed by atoms with Crippen LogP contribution in [0.5, 0.6) is 0 Å². The highest BCUT2D eigenvalue weighted by molar-refractivity contribution is 5.30. The summed E-state index contributed by atoms with van der Waals surface area (Å²) in [4.78, 5) is 2.09. The van der Waals surface area contributed by atoms with Crippen molar-refractivity contribution in [3.63, 3.8) is 0 Å². The van der Waals surface area contributed by atoms with Crippen LogP contribution in [0.3, 0.4) is 0 Å². The molecule has 5 atom stereocenters. The van der Waals surface area contributed by atoms with Gasteiger partial charge in [-0.3, -0.25) is 0 Å². The van der Waals surface area contributed by atoms with Gasteiger partial charge in [-0.1, -0.05) is 60.7 Å². The lowest BCUT2D eigenvalue weighted by Crippen LogP contribution is -2.71. The molecule has 5 nitrogen and oxygen atoms in total. The Kier molecular flexibility index (Phi) is 4.82. The van der Waals surface area contributed by atoms with Crippen LogP contribution in [-0.2, 0) is 4.74 Å². The number of nitrogens with zero attached hydrogens (tertiary/aromatic N) is 1. The highest BCUT2D eigenvalue weighted by Crippen LogP contribution is 2.60. The largest absolute Gasteiger partial charge is 0.396 e. The van der Waals surface area contributed by atoms with Crippen molar-refractivity contribution >= 4 is 0 Å². The molecule has 2 aliphatic rings. The quantitative estimate of drug-likeness (QED) is 0.766. The Morgan fingerprint density at radius 1 is 0.852 bits per heavy atom. The van der Waals surface area contributed by atoms with E-state index in [4.69, 9.17) is 4.74 Å². The SMILES string of the molecule is CN1C[C@@]2(CO)C(O)[C@@](CO)(C1)[C@@H](c1ccccc1)O[C@@H]2c1ccccc1. The molecule has 0 amide bonds. The number of likely N-dealkylation sites (tertiary alicyclic amines) is 1. The van der Waals surface area contributed by atoms with Gasteiger partial charge in [0.05, 0.1) is 42.4 Å². The van der Waals surface area contributed by atoms with Crippen molar-refractivity contribution in [3.05, 3.63) is 71.8 Å². The van der Waals surface area contributed by atoms with Gasteiger partial charge in [0.15, 0.2) is 0 Å². The first-order valence-electron chi connectivity index (χ1n) is 9.41. The molecule has 2 bridgehead atoms. The molecule has 0 radical (unpaired) electrons. The van der Waals surface area contributed by atoms with Crippen LogP contribution in [0.1, 0.15) is 23.3 Å². The second-order valence-corrected chi connectivity index (χ2v) is 8.07. The van der Waals surface area contributed by atoms with Crippen LogP contribution >= 0.6 is 0 Å². The average molecular weight is 369 g/mol. The number of aliphatic hydroxyl groups is 3. The third-order valence-corrected chi connectivity index (χ3v) is 6.33. The molecule has 2 aliphatic heterocycles. The van der Waals surface area contributed by atoms with Crippen LogP contribution in [0.4, 0.5) is 0 Å². The molecule has 0 saturated carbocycles. The van der Waals surface area contributed by atoms with Crippen LogP contribution in [0, 0.1) is 10.8 Å². The van der Waals surface area contributed by atoms with Gasteiger partial charge in [-0.25, -0.2) is 0 Å². The standard InChI is InChI=1S/C22H27NO4/c1-23-12-21(14-24)18(16-8-4-2-5-9-16)27-19(17-10-6-3-7-11-17)22(13-23,15-25)20(21)26/h2-11,18-20,24-26H,12-15H2,1H3/t18-,19-,20?,21-,22+/m1/s1. The lowest BCUT2D eigenvalue weighted by atomic mass is 9.56. The van der Waals surface area contributed by atoms with Gasteiger partial charge in [0.1, 0.15) is 0 Å². The number of hydrogen-bond acceptors (Lipinski definition) is 5. The first-order chi connectivity index (χ1) is 13.1. The number of hydrogen-bond donors (Lipinski definition) is 3. The van der Waals surface area contributed by atoms with E-state index in [1.807, 2.05) is 67.7 Å². The number of piperidine rings is 1. The number of fused-ring (bicyclic) bond motifs is 2. The molecule has 2 saturated heterocycles. The van der Waals surface area contributed by atoms with Gasteiger partial charge in [0.25, 0.3) is 0 Å². The Labute approximate surface area is 159 Å². The Balaban J connectivity index is 1.89. The summed E-state index contributed by atoms with van der Waals surface area (Å²) >= 11 is 0. The van der Waals surface area contributed by atoms with Crippen molar-refractivity contribution in [3.8, 4) is 0 Å². The first kappa shape index (κ1) is 18.6. The van der Waals surface area contributed by atoms with Gasteiger partial charge in [-0.15, -0.1) is 0 Å². The van der Waals surface area contributed by atoms with E-state index in [1.54, 1.807) is 0 Å². The molecule has 2 aromatic carbocycles. The number of aliphatic hydroxyl groups excluding tert-OH is 3. The molecule has 0 aromatic heterocycles. The maximum atomic E-state index is 11.5. The van der Waals surface area contributed by atoms with Crippen molar-refractivity contribution in [1.29, 1.82) is 0 Å². The first-order valence-corrected chi connectivity index (χ1v) is 9.41. The highest BCUT2D eigenvalue weighted by Gasteiger charge is 2.66. The lowest BCUT2D eigenvalue weighted by Gasteiger charge is -2.63. The molecule has 3 N–H and O–H groups in total. The normalized spacial score (nSPS) is 36.5. The van der Waals surface area contributed by atoms with Crippen LogP contribution in [0.15, 0.2) is 60.7 Å². The fourth-order valence-corrected chi connectivity index (χ4v) is 5.18. The lowest BCUT2D eigenvalue weighted by molar-refractivity contribution is -0.310. The van der Waals surface area contributed by atoms with E-state index < -0.39 is 29.1 Å².